The van der Waals surface area contributed by atoms with Gasteiger partial charge in [-0.25, -0.2) is 4.98 Å². The Balaban J connectivity index is 1.96. The fraction of sp³-hybridized carbons (Fsp3) is 0.333. The number of amides is 1. The highest BCUT2D eigenvalue weighted by Gasteiger charge is 2.20. The SMILES string of the molecule is CC(C)NC(=O)c1cc2c(nc1Nc1ccc(Br)cc1)CCC2. The van der Waals surface area contributed by atoms with E-state index in [1.54, 1.807) is 0 Å². The number of hydrogen-bond donors (Lipinski definition) is 2. The third-order valence-electron chi connectivity index (χ3n) is 3.82. The predicted molar refractivity (Wildman–Crippen MR) is 96.3 cm³/mol. The normalized spacial score (nSPS) is 13.0. The van der Waals surface area contributed by atoms with E-state index < -0.39 is 0 Å². The molecule has 3 rings (SSSR count). The Morgan fingerprint density at radius 1 is 1.22 bits per heavy atom. The number of halogens is 1. The van der Waals surface area contributed by atoms with Gasteiger partial charge in [-0.3, -0.25) is 4.79 Å². The Hall–Kier alpha value is -1.88. The van der Waals surface area contributed by atoms with E-state index >= 15 is 0 Å². The summed E-state index contributed by atoms with van der Waals surface area (Å²) in [6.07, 6.45) is 3.09. The van der Waals surface area contributed by atoms with E-state index in [0.29, 0.717) is 11.4 Å². The van der Waals surface area contributed by atoms with Gasteiger partial charge in [0.15, 0.2) is 0 Å². The quantitative estimate of drug-likeness (QED) is 0.843. The van der Waals surface area contributed by atoms with Gasteiger partial charge < -0.3 is 10.6 Å². The maximum atomic E-state index is 12.5. The molecule has 0 fully saturated rings. The summed E-state index contributed by atoms with van der Waals surface area (Å²) in [6, 6.07) is 9.93. The molecule has 0 spiro atoms. The molecule has 0 saturated carbocycles. The van der Waals surface area contributed by atoms with Crippen molar-refractivity contribution >= 4 is 33.3 Å². The summed E-state index contributed by atoms with van der Waals surface area (Å²) >= 11 is 3.43. The van der Waals surface area contributed by atoms with Crippen molar-refractivity contribution in [2.45, 2.75) is 39.2 Å². The number of nitrogens with one attached hydrogen (secondary N) is 2. The molecule has 0 radical (unpaired) electrons. The van der Waals surface area contributed by atoms with Gasteiger partial charge in [0.25, 0.3) is 5.91 Å². The number of hydrogen-bond acceptors (Lipinski definition) is 3. The fourth-order valence-corrected chi connectivity index (χ4v) is 3.01. The zero-order valence-corrected chi connectivity index (χ0v) is 14.9. The van der Waals surface area contributed by atoms with Gasteiger partial charge in [0.1, 0.15) is 5.82 Å². The maximum absolute atomic E-state index is 12.5. The molecule has 120 valence electrons. The first-order valence-electron chi connectivity index (χ1n) is 7.89. The number of pyridine rings is 1. The Kier molecular flexibility index (Phi) is 4.66. The topological polar surface area (TPSA) is 54.0 Å². The number of aryl methyl sites for hydroxylation is 2. The molecule has 0 saturated heterocycles. The standard InChI is InChI=1S/C18H20BrN3O/c1-11(2)20-18(23)15-10-12-4-3-5-16(12)22-17(15)21-14-8-6-13(19)7-9-14/h6-11H,3-5H2,1-2H3,(H,20,23)(H,21,22). The first-order valence-corrected chi connectivity index (χ1v) is 8.68. The second kappa shape index (κ2) is 6.71. The minimum atomic E-state index is -0.0817. The van der Waals surface area contributed by atoms with Gasteiger partial charge in [-0.05, 0) is 69.0 Å². The van der Waals surface area contributed by atoms with E-state index in [1.165, 1.54) is 5.56 Å². The van der Waals surface area contributed by atoms with Crippen molar-refractivity contribution in [1.29, 1.82) is 0 Å². The smallest absolute Gasteiger partial charge is 0.255 e. The molecule has 5 heteroatoms. The van der Waals surface area contributed by atoms with Crippen LogP contribution in [0.15, 0.2) is 34.8 Å². The lowest BCUT2D eigenvalue weighted by Gasteiger charge is -2.15. The molecule has 4 nitrogen and oxygen atoms in total. The van der Waals surface area contributed by atoms with Crippen LogP contribution in [0.1, 0.15) is 41.9 Å². The molecule has 1 amide bonds. The maximum Gasteiger partial charge on any atom is 0.255 e. The van der Waals surface area contributed by atoms with Crippen molar-refractivity contribution < 1.29 is 4.79 Å². The average Bonchev–Trinajstić information content (AvgIpc) is 2.95. The highest BCUT2D eigenvalue weighted by molar-refractivity contribution is 9.10. The molecule has 1 heterocycles. The molecule has 1 aliphatic rings. The van der Waals surface area contributed by atoms with Crippen LogP contribution >= 0.6 is 15.9 Å². The van der Waals surface area contributed by atoms with Crippen molar-refractivity contribution in [3.63, 3.8) is 0 Å². The third-order valence-corrected chi connectivity index (χ3v) is 4.35. The number of benzene rings is 1. The van der Waals surface area contributed by atoms with E-state index in [-0.39, 0.29) is 11.9 Å². The summed E-state index contributed by atoms with van der Waals surface area (Å²) in [5, 5.41) is 6.25. The third kappa shape index (κ3) is 3.72. The summed E-state index contributed by atoms with van der Waals surface area (Å²) < 4.78 is 1.02. The molecular formula is C18H20BrN3O. The molecule has 1 aromatic heterocycles. The van der Waals surface area contributed by atoms with Crippen LogP contribution in [0, 0.1) is 0 Å². The van der Waals surface area contributed by atoms with E-state index in [4.69, 9.17) is 4.98 Å². The predicted octanol–water partition coefficient (Wildman–Crippen LogP) is 4.21. The number of aromatic nitrogens is 1. The molecule has 0 unspecified atom stereocenters. The molecule has 2 N–H and O–H groups in total. The van der Waals surface area contributed by atoms with Crippen molar-refractivity contribution in [1.82, 2.24) is 10.3 Å². The minimum Gasteiger partial charge on any atom is -0.350 e. The van der Waals surface area contributed by atoms with Gasteiger partial charge in [0.05, 0.1) is 5.56 Å². The van der Waals surface area contributed by atoms with Gasteiger partial charge in [-0.15, -0.1) is 0 Å². The van der Waals surface area contributed by atoms with E-state index in [9.17, 15) is 4.79 Å². The number of anilines is 2. The highest BCUT2D eigenvalue weighted by atomic mass is 79.9. The molecule has 0 aliphatic heterocycles. The Morgan fingerprint density at radius 2 is 1.96 bits per heavy atom. The van der Waals surface area contributed by atoms with Crippen LogP contribution in [0.3, 0.4) is 0 Å². The number of nitrogens with zero attached hydrogens (tertiary/aromatic N) is 1. The van der Waals surface area contributed by atoms with Gasteiger partial charge in [0, 0.05) is 21.9 Å². The van der Waals surface area contributed by atoms with Crippen molar-refractivity contribution in [3.05, 3.63) is 51.6 Å². The lowest BCUT2D eigenvalue weighted by Crippen LogP contribution is -2.31. The number of rotatable bonds is 4. The van der Waals surface area contributed by atoms with Crippen LogP contribution in [-0.4, -0.2) is 16.9 Å². The molecule has 1 aliphatic carbocycles. The average molecular weight is 374 g/mol. The monoisotopic (exact) mass is 373 g/mol. The molecule has 23 heavy (non-hydrogen) atoms. The minimum absolute atomic E-state index is 0.0817. The summed E-state index contributed by atoms with van der Waals surface area (Å²) in [5.74, 6) is 0.549. The van der Waals surface area contributed by atoms with Crippen molar-refractivity contribution in [3.8, 4) is 0 Å². The summed E-state index contributed by atoms with van der Waals surface area (Å²) in [5.41, 5.74) is 3.82. The van der Waals surface area contributed by atoms with Gasteiger partial charge in [-0.1, -0.05) is 15.9 Å². The van der Waals surface area contributed by atoms with Crippen molar-refractivity contribution in [2.24, 2.45) is 0 Å². The van der Waals surface area contributed by atoms with Crippen molar-refractivity contribution in [2.75, 3.05) is 5.32 Å². The van der Waals surface area contributed by atoms with Gasteiger partial charge in [-0.2, -0.15) is 0 Å². The molecule has 2 aromatic rings. The number of carbonyl (C=O) groups is 1. The Bertz CT molecular complexity index is 726. The van der Waals surface area contributed by atoms with Crippen LogP contribution in [-0.2, 0) is 12.8 Å². The van der Waals surface area contributed by atoms with E-state index in [0.717, 1.165) is 35.1 Å². The number of carbonyl (C=O) groups excluding carboxylic acids is 1. The van der Waals surface area contributed by atoms with Crippen LogP contribution in [0.2, 0.25) is 0 Å². The van der Waals surface area contributed by atoms with E-state index in [1.807, 2.05) is 44.2 Å². The first kappa shape index (κ1) is 16.0. The highest BCUT2D eigenvalue weighted by Crippen LogP contribution is 2.27. The van der Waals surface area contributed by atoms with Gasteiger partial charge >= 0.3 is 0 Å². The molecule has 0 atom stereocenters. The van der Waals surface area contributed by atoms with E-state index in [2.05, 4.69) is 26.6 Å². The Morgan fingerprint density at radius 3 is 2.65 bits per heavy atom. The van der Waals surface area contributed by atoms with Crippen LogP contribution in [0.5, 0.6) is 0 Å². The molecular weight excluding hydrogens is 354 g/mol. The lowest BCUT2D eigenvalue weighted by atomic mass is 10.1. The lowest BCUT2D eigenvalue weighted by molar-refractivity contribution is 0.0943. The summed E-state index contributed by atoms with van der Waals surface area (Å²) in [4.78, 5) is 17.2. The second-order valence-electron chi connectivity index (χ2n) is 6.10. The zero-order chi connectivity index (χ0) is 16.4. The number of fused-ring (bicyclic) bond motifs is 1. The molecule has 0 bridgehead atoms. The van der Waals surface area contributed by atoms with Gasteiger partial charge in [0.2, 0.25) is 0 Å². The van der Waals surface area contributed by atoms with Crippen LogP contribution < -0.4 is 10.6 Å². The summed E-state index contributed by atoms with van der Waals surface area (Å²) in [7, 11) is 0. The first-order chi connectivity index (χ1) is 11.0. The molecule has 1 aromatic carbocycles. The second-order valence-corrected chi connectivity index (χ2v) is 7.02. The fourth-order valence-electron chi connectivity index (χ4n) is 2.75. The Labute approximate surface area is 144 Å². The van der Waals surface area contributed by atoms with Crippen LogP contribution in [0.4, 0.5) is 11.5 Å². The zero-order valence-electron chi connectivity index (χ0n) is 13.3. The van der Waals surface area contributed by atoms with Crippen LogP contribution in [0.25, 0.3) is 0 Å². The largest absolute Gasteiger partial charge is 0.350 e. The summed E-state index contributed by atoms with van der Waals surface area (Å²) in [6.45, 7) is 3.92.